The van der Waals surface area contributed by atoms with Crippen LogP contribution in [0.4, 0.5) is 0 Å². The van der Waals surface area contributed by atoms with Crippen molar-refractivity contribution in [3.05, 3.63) is 0 Å². The summed E-state index contributed by atoms with van der Waals surface area (Å²) in [6.45, 7) is 0. The molecule has 1 fully saturated rings. The Balaban J connectivity index is 1.73. The van der Waals surface area contributed by atoms with Gasteiger partial charge in [0.25, 0.3) is 0 Å². The van der Waals surface area contributed by atoms with Crippen molar-refractivity contribution in [2.45, 2.75) is 37.2 Å². The standard InChI is InChI=1S/C8H14BO2S/c10-8(11)4-2-1-3-5-12-7-6-9-7/h7H,1-6H2,(H,10,11). The van der Waals surface area contributed by atoms with E-state index in [1.54, 1.807) is 0 Å². The molecule has 1 radical (unpaired) electrons. The fourth-order valence-electron chi connectivity index (χ4n) is 0.981. The molecule has 0 bridgehead atoms. The normalized spacial score (nSPS) is 20.2. The highest BCUT2D eigenvalue weighted by atomic mass is 32.2. The molecular weight excluding hydrogens is 171 g/mol. The second kappa shape index (κ2) is 5.52. The third-order valence-electron chi connectivity index (χ3n) is 1.80. The maximum atomic E-state index is 10.1. The number of carboxylic acids is 1. The second-order valence-corrected chi connectivity index (χ2v) is 4.43. The van der Waals surface area contributed by atoms with Crippen molar-refractivity contribution < 1.29 is 9.90 Å². The molecule has 0 aromatic heterocycles. The maximum Gasteiger partial charge on any atom is 0.303 e. The van der Waals surface area contributed by atoms with Crippen molar-refractivity contribution in [3.8, 4) is 0 Å². The van der Waals surface area contributed by atoms with Gasteiger partial charge in [-0.1, -0.05) is 12.7 Å². The van der Waals surface area contributed by atoms with Gasteiger partial charge in [-0.3, -0.25) is 4.79 Å². The summed E-state index contributed by atoms with van der Waals surface area (Å²) in [6.07, 6.45) is 4.68. The molecule has 0 aromatic carbocycles. The lowest BCUT2D eigenvalue weighted by Crippen LogP contribution is -1.94. The van der Waals surface area contributed by atoms with Gasteiger partial charge in [-0.2, -0.15) is 11.8 Å². The topological polar surface area (TPSA) is 37.3 Å². The van der Waals surface area contributed by atoms with Crippen LogP contribution in [0, 0.1) is 0 Å². The molecule has 1 saturated heterocycles. The molecule has 1 heterocycles. The summed E-state index contributed by atoms with van der Waals surface area (Å²) in [6, 6.07) is 0. The fourth-order valence-corrected chi connectivity index (χ4v) is 2.04. The largest absolute Gasteiger partial charge is 0.481 e. The zero-order valence-corrected chi connectivity index (χ0v) is 7.98. The minimum Gasteiger partial charge on any atom is -0.481 e. The van der Waals surface area contributed by atoms with E-state index in [0.717, 1.165) is 18.0 Å². The smallest absolute Gasteiger partial charge is 0.303 e. The first-order valence-electron chi connectivity index (χ1n) is 4.46. The van der Waals surface area contributed by atoms with E-state index in [-0.39, 0.29) is 0 Å². The summed E-state index contributed by atoms with van der Waals surface area (Å²) in [4.78, 5) is 10.1. The molecule has 1 N–H and O–H groups in total. The molecule has 0 aliphatic carbocycles. The first-order chi connectivity index (χ1) is 5.79. The van der Waals surface area contributed by atoms with Gasteiger partial charge in [0.2, 0.25) is 0 Å². The lowest BCUT2D eigenvalue weighted by Gasteiger charge is -1.98. The van der Waals surface area contributed by atoms with Crippen molar-refractivity contribution in [3.63, 3.8) is 0 Å². The molecular formula is C8H14BO2S. The molecule has 0 amide bonds. The van der Waals surface area contributed by atoms with Gasteiger partial charge in [-0.15, -0.1) is 0 Å². The molecule has 0 spiro atoms. The van der Waals surface area contributed by atoms with Crippen LogP contribution in [0.2, 0.25) is 6.32 Å². The Morgan fingerprint density at radius 2 is 2.25 bits per heavy atom. The van der Waals surface area contributed by atoms with E-state index in [4.69, 9.17) is 5.11 Å². The predicted octanol–water partition coefficient (Wildman–Crippen LogP) is 1.83. The Bertz CT molecular complexity index is 148. The minimum atomic E-state index is -0.668. The Morgan fingerprint density at radius 3 is 2.83 bits per heavy atom. The van der Waals surface area contributed by atoms with Gasteiger partial charge in [-0.25, -0.2) is 0 Å². The molecule has 1 aliphatic heterocycles. The number of carboxylic acid groups (broad SMARTS) is 1. The van der Waals surface area contributed by atoms with Crippen molar-refractivity contribution in [2.75, 3.05) is 5.75 Å². The Kier molecular flexibility index (Phi) is 4.58. The third-order valence-corrected chi connectivity index (χ3v) is 3.13. The molecule has 67 valence electrons. The number of rotatable bonds is 7. The van der Waals surface area contributed by atoms with Gasteiger partial charge in [0.1, 0.15) is 7.28 Å². The molecule has 4 heteroatoms. The summed E-state index contributed by atoms with van der Waals surface area (Å²) >= 11 is 2.00. The van der Waals surface area contributed by atoms with Gasteiger partial charge in [-0.05, 0) is 23.7 Å². The number of thioether (sulfide) groups is 1. The van der Waals surface area contributed by atoms with Crippen molar-refractivity contribution in [2.24, 2.45) is 0 Å². The number of hydrogen-bond acceptors (Lipinski definition) is 2. The van der Waals surface area contributed by atoms with E-state index in [2.05, 4.69) is 7.28 Å². The second-order valence-electron chi connectivity index (χ2n) is 3.09. The van der Waals surface area contributed by atoms with Crippen LogP contribution in [0.1, 0.15) is 25.7 Å². The molecule has 1 aliphatic rings. The van der Waals surface area contributed by atoms with E-state index < -0.39 is 5.97 Å². The number of unbranched alkanes of at least 4 members (excludes halogenated alkanes) is 2. The summed E-state index contributed by atoms with van der Waals surface area (Å²) in [5.41, 5.74) is 0. The molecule has 1 atom stereocenters. The average molecular weight is 185 g/mol. The van der Waals surface area contributed by atoms with Gasteiger partial charge in [0.05, 0.1) is 0 Å². The van der Waals surface area contributed by atoms with Crippen LogP contribution >= 0.6 is 11.8 Å². The zero-order valence-electron chi connectivity index (χ0n) is 7.16. The number of aliphatic carboxylic acids is 1. The van der Waals surface area contributed by atoms with Gasteiger partial charge in [0, 0.05) is 6.42 Å². The van der Waals surface area contributed by atoms with E-state index in [1.807, 2.05) is 11.8 Å². The summed E-state index contributed by atoms with van der Waals surface area (Å²) in [7, 11) is 2.31. The van der Waals surface area contributed by atoms with Crippen LogP contribution < -0.4 is 0 Å². The predicted molar refractivity (Wildman–Crippen MR) is 52.9 cm³/mol. The summed E-state index contributed by atoms with van der Waals surface area (Å²) in [5, 5.41) is 9.18. The zero-order chi connectivity index (χ0) is 8.81. The van der Waals surface area contributed by atoms with E-state index in [9.17, 15) is 4.79 Å². The van der Waals surface area contributed by atoms with Crippen LogP contribution in [0.25, 0.3) is 0 Å². The van der Waals surface area contributed by atoms with Crippen molar-refractivity contribution in [1.29, 1.82) is 0 Å². The highest BCUT2D eigenvalue weighted by Gasteiger charge is 2.22. The first-order valence-corrected chi connectivity index (χ1v) is 5.50. The molecule has 0 saturated carbocycles. The maximum absolute atomic E-state index is 10.1. The molecule has 1 unspecified atom stereocenters. The quantitative estimate of drug-likeness (QED) is 0.485. The molecule has 2 nitrogen and oxygen atoms in total. The van der Waals surface area contributed by atoms with E-state index in [0.29, 0.717) is 6.42 Å². The van der Waals surface area contributed by atoms with Gasteiger partial charge < -0.3 is 5.11 Å². The Morgan fingerprint density at radius 1 is 1.50 bits per heavy atom. The van der Waals surface area contributed by atoms with Crippen LogP contribution in [0.3, 0.4) is 0 Å². The highest BCUT2D eigenvalue weighted by Crippen LogP contribution is 2.27. The SMILES string of the molecule is O=C(O)CCCCCSC1[B]C1. The van der Waals surface area contributed by atoms with Crippen LogP contribution in [-0.2, 0) is 4.79 Å². The fraction of sp³-hybridized carbons (Fsp3) is 0.875. The number of hydrogen-bond donors (Lipinski definition) is 1. The molecule has 1 rings (SSSR count). The first kappa shape index (κ1) is 9.97. The van der Waals surface area contributed by atoms with Gasteiger partial charge >= 0.3 is 5.97 Å². The summed E-state index contributed by atoms with van der Waals surface area (Å²) in [5.74, 6) is 0.527. The van der Waals surface area contributed by atoms with Crippen molar-refractivity contribution >= 4 is 25.0 Å². The van der Waals surface area contributed by atoms with Gasteiger partial charge in [0.15, 0.2) is 0 Å². The van der Waals surface area contributed by atoms with Crippen molar-refractivity contribution in [1.82, 2.24) is 0 Å². The Hall–Kier alpha value is -0.115. The lowest BCUT2D eigenvalue weighted by atomic mass is 10.1. The van der Waals surface area contributed by atoms with Crippen LogP contribution in [0.15, 0.2) is 0 Å². The minimum absolute atomic E-state index is 0.334. The average Bonchev–Trinajstić information content (AvgIpc) is 2.79. The monoisotopic (exact) mass is 185 g/mol. The molecule has 12 heavy (non-hydrogen) atoms. The number of carbonyl (C=O) groups is 1. The third kappa shape index (κ3) is 5.52. The van der Waals surface area contributed by atoms with Crippen LogP contribution in [0.5, 0.6) is 0 Å². The highest BCUT2D eigenvalue weighted by molar-refractivity contribution is 8.02. The Labute approximate surface area is 78.4 Å². The summed E-state index contributed by atoms with van der Waals surface area (Å²) < 4.78 is 0. The van der Waals surface area contributed by atoms with E-state index >= 15 is 0 Å². The van der Waals surface area contributed by atoms with E-state index in [1.165, 1.54) is 18.5 Å². The molecule has 0 aromatic rings. The van der Waals surface area contributed by atoms with Crippen LogP contribution in [-0.4, -0.2) is 29.3 Å². The lowest BCUT2D eigenvalue weighted by molar-refractivity contribution is -0.137.